The number of amidine groups is 1. The molecule has 0 aliphatic carbocycles. The first-order chi connectivity index (χ1) is 4.75. The third-order valence-corrected chi connectivity index (χ3v) is 1.93. The van der Waals surface area contributed by atoms with Gasteiger partial charge in [0.05, 0.1) is 13.1 Å². The maximum Gasteiger partial charge on any atom is 0.413 e. The van der Waals surface area contributed by atoms with Gasteiger partial charge in [-0.25, -0.2) is 4.79 Å². The molecule has 1 amide bonds. The molecule has 0 fully saturated rings. The molecule has 10 heavy (non-hydrogen) atoms. The molecule has 1 rings (SSSR count). The standard InChI is InChI=1S/C5H8N2O2S/c1-10-4-6-2-3-7(4)5(8)9/h2-3H2,1H3,(H,8,9). The normalized spacial score (nSPS) is 17.3. The van der Waals surface area contributed by atoms with Crippen LogP contribution in [-0.2, 0) is 0 Å². The third-order valence-electron chi connectivity index (χ3n) is 1.22. The van der Waals surface area contributed by atoms with Gasteiger partial charge in [0.1, 0.15) is 0 Å². The minimum atomic E-state index is -0.911. The van der Waals surface area contributed by atoms with Crippen LogP contribution in [0.15, 0.2) is 4.99 Å². The quantitative estimate of drug-likeness (QED) is 0.567. The Bertz CT molecular complexity index is 180. The fourth-order valence-corrected chi connectivity index (χ4v) is 1.39. The molecule has 0 aromatic rings. The molecule has 0 saturated heterocycles. The Morgan fingerprint density at radius 2 is 2.60 bits per heavy atom. The summed E-state index contributed by atoms with van der Waals surface area (Å²) in [7, 11) is 0. The highest BCUT2D eigenvalue weighted by molar-refractivity contribution is 8.13. The van der Waals surface area contributed by atoms with Gasteiger partial charge >= 0.3 is 6.09 Å². The maximum atomic E-state index is 10.4. The van der Waals surface area contributed by atoms with Crippen LogP contribution in [0.1, 0.15) is 0 Å². The highest BCUT2D eigenvalue weighted by atomic mass is 32.2. The third kappa shape index (κ3) is 1.23. The summed E-state index contributed by atoms with van der Waals surface area (Å²) in [5, 5.41) is 9.15. The van der Waals surface area contributed by atoms with Crippen molar-refractivity contribution in [2.45, 2.75) is 0 Å². The number of amides is 1. The number of carboxylic acid groups (broad SMARTS) is 1. The molecule has 0 bridgehead atoms. The Labute approximate surface area is 62.9 Å². The van der Waals surface area contributed by atoms with Gasteiger partial charge in [-0.05, 0) is 6.26 Å². The molecule has 1 heterocycles. The Kier molecular flexibility index (Phi) is 2.16. The summed E-state index contributed by atoms with van der Waals surface area (Å²) in [6, 6.07) is 0. The topological polar surface area (TPSA) is 52.9 Å². The van der Waals surface area contributed by atoms with Crippen molar-refractivity contribution < 1.29 is 9.90 Å². The first-order valence-corrected chi connectivity index (χ1v) is 4.07. The molecule has 0 radical (unpaired) electrons. The van der Waals surface area contributed by atoms with Gasteiger partial charge < -0.3 is 5.11 Å². The van der Waals surface area contributed by atoms with Crippen molar-refractivity contribution >= 4 is 23.0 Å². The minimum Gasteiger partial charge on any atom is -0.465 e. The highest BCUT2D eigenvalue weighted by Crippen LogP contribution is 2.10. The zero-order valence-electron chi connectivity index (χ0n) is 5.57. The lowest BCUT2D eigenvalue weighted by Crippen LogP contribution is -2.30. The number of carbonyl (C=O) groups is 1. The van der Waals surface area contributed by atoms with Crippen LogP contribution in [0, 0.1) is 0 Å². The van der Waals surface area contributed by atoms with Crippen LogP contribution < -0.4 is 0 Å². The molecule has 0 spiro atoms. The van der Waals surface area contributed by atoms with Crippen molar-refractivity contribution in [3.8, 4) is 0 Å². The lowest BCUT2D eigenvalue weighted by Gasteiger charge is -2.10. The molecule has 5 heteroatoms. The van der Waals surface area contributed by atoms with E-state index in [1.165, 1.54) is 16.7 Å². The molecule has 0 aromatic carbocycles. The summed E-state index contributed by atoms with van der Waals surface area (Å²) in [6.45, 7) is 1.11. The fraction of sp³-hybridized carbons (Fsp3) is 0.600. The lowest BCUT2D eigenvalue weighted by atomic mass is 10.6. The zero-order valence-corrected chi connectivity index (χ0v) is 6.39. The summed E-state index contributed by atoms with van der Waals surface area (Å²) in [4.78, 5) is 15.6. The van der Waals surface area contributed by atoms with Gasteiger partial charge in [0.25, 0.3) is 0 Å². The van der Waals surface area contributed by atoms with Gasteiger partial charge in [-0.3, -0.25) is 9.89 Å². The molecular weight excluding hydrogens is 152 g/mol. The Morgan fingerprint density at radius 1 is 1.90 bits per heavy atom. The second-order valence-corrected chi connectivity index (χ2v) is 2.58. The summed E-state index contributed by atoms with van der Waals surface area (Å²) in [5.74, 6) is 0. The van der Waals surface area contributed by atoms with Crippen molar-refractivity contribution in [1.82, 2.24) is 4.90 Å². The van der Waals surface area contributed by atoms with E-state index in [4.69, 9.17) is 5.11 Å². The number of aliphatic imine (C=N–C) groups is 1. The van der Waals surface area contributed by atoms with Crippen LogP contribution >= 0.6 is 11.8 Å². The van der Waals surface area contributed by atoms with Crippen LogP contribution in [-0.4, -0.2) is 40.6 Å². The number of nitrogens with zero attached hydrogens (tertiary/aromatic N) is 2. The molecule has 0 saturated carbocycles. The summed E-state index contributed by atoms with van der Waals surface area (Å²) >= 11 is 1.36. The maximum absolute atomic E-state index is 10.4. The Balaban J connectivity index is 2.63. The van der Waals surface area contributed by atoms with Crippen LogP contribution in [0.5, 0.6) is 0 Å². The number of hydrogen-bond acceptors (Lipinski definition) is 3. The van der Waals surface area contributed by atoms with Crippen LogP contribution in [0.3, 0.4) is 0 Å². The molecule has 0 atom stereocenters. The van der Waals surface area contributed by atoms with Crippen molar-refractivity contribution in [1.29, 1.82) is 0 Å². The predicted molar refractivity (Wildman–Crippen MR) is 40.5 cm³/mol. The van der Waals surface area contributed by atoms with Crippen LogP contribution in [0.4, 0.5) is 4.79 Å². The largest absolute Gasteiger partial charge is 0.465 e. The Hall–Kier alpha value is -0.710. The average Bonchev–Trinajstić information content (AvgIpc) is 2.33. The molecule has 0 unspecified atom stereocenters. The van der Waals surface area contributed by atoms with Crippen molar-refractivity contribution in [3.63, 3.8) is 0 Å². The molecule has 56 valence electrons. The second-order valence-electron chi connectivity index (χ2n) is 1.80. The van der Waals surface area contributed by atoms with E-state index in [9.17, 15) is 4.79 Å². The van der Waals surface area contributed by atoms with Crippen molar-refractivity contribution in [2.24, 2.45) is 4.99 Å². The van der Waals surface area contributed by atoms with E-state index in [0.717, 1.165) is 0 Å². The zero-order chi connectivity index (χ0) is 7.56. The summed E-state index contributed by atoms with van der Waals surface area (Å²) in [5.41, 5.74) is 0. The van der Waals surface area contributed by atoms with Gasteiger partial charge in [0, 0.05) is 0 Å². The smallest absolute Gasteiger partial charge is 0.413 e. The predicted octanol–water partition coefficient (Wildman–Crippen LogP) is 0.699. The fourth-order valence-electron chi connectivity index (χ4n) is 0.779. The number of rotatable bonds is 0. The summed E-state index contributed by atoms with van der Waals surface area (Å²) in [6.07, 6.45) is 0.908. The average molecular weight is 160 g/mol. The minimum absolute atomic E-state index is 0.505. The van der Waals surface area contributed by atoms with Crippen LogP contribution in [0.2, 0.25) is 0 Å². The van der Waals surface area contributed by atoms with Crippen molar-refractivity contribution in [3.05, 3.63) is 0 Å². The second kappa shape index (κ2) is 2.92. The first kappa shape index (κ1) is 7.40. The number of hydrogen-bond donors (Lipinski definition) is 1. The van der Waals surface area contributed by atoms with Gasteiger partial charge in [-0.2, -0.15) is 0 Å². The van der Waals surface area contributed by atoms with E-state index in [2.05, 4.69) is 4.99 Å². The van der Waals surface area contributed by atoms with E-state index in [0.29, 0.717) is 18.3 Å². The van der Waals surface area contributed by atoms with E-state index in [1.54, 1.807) is 0 Å². The van der Waals surface area contributed by atoms with Crippen LogP contribution in [0.25, 0.3) is 0 Å². The molecular formula is C5H8N2O2S. The number of thioether (sulfide) groups is 1. The van der Waals surface area contributed by atoms with E-state index in [1.807, 2.05) is 6.26 Å². The van der Waals surface area contributed by atoms with E-state index < -0.39 is 6.09 Å². The molecule has 1 N–H and O–H groups in total. The highest BCUT2D eigenvalue weighted by Gasteiger charge is 2.21. The van der Waals surface area contributed by atoms with Gasteiger partial charge in [0.15, 0.2) is 5.17 Å². The van der Waals surface area contributed by atoms with Gasteiger partial charge in [0.2, 0.25) is 0 Å². The Morgan fingerprint density at radius 3 is 3.00 bits per heavy atom. The van der Waals surface area contributed by atoms with E-state index in [-0.39, 0.29) is 0 Å². The first-order valence-electron chi connectivity index (χ1n) is 2.84. The lowest BCUT2D eigenvalue weighted by molar-refractivity contribution is 0.173. The summed E-state index contributed by atoms with van der Waals surface area (Å²) < 4.78 is 0. The van der Waals surface area contributed by atoms with E-state index >= 15 is 0 Å². The molecule has 4 nitrogen and oxygen atoms in total. The molecule has 0 aromatic heterocycles. The molecule has 1 aliphatic rings. The van der Waals surface area contributed by atoms with Crippen molar-refractivity contribution in [2.75, 3.05) is 19.3 Å². The van der Waals surface area contributed by atoms with Gasteiger partial charge in [-0.15, -0.1) is 0 Å². The molecule has 1 aliphatic heterocycles. The van der Waals surface area contributed by atoms with Gasteiger partial charge in [-0.1, -0.05) is 11.8 Å². The SMILES string of the molecule is CSC1=NCCN1C(=O)O. The monoisotopic (exact) mass is 160 g/mol.